The van der Waals surface area contributed by atoms with Crippen LogP contribution in [0.25, 0.3) is 102 Å². The first-order valence-electron chi connectivity index (χ1n) is 17.1. The van der Waals surface area contributed by atoms with Crippen molar-refractivity contribution in [2.24, 2.45) is 0 Å². The number of hydrogen-bond acceptors (Lipinski definition) is 4. The lowest BCUT2D eigenvalue weighted by Crippen LogP contribution is -2.03. The summed E-state index contributed by atoms with van der Waals surface area (Å²) >= 11 is 3.59. The van der Waals surface area contributed by atoms with Crippen molar-refractivity contribution in [3.63, 3.8) is 0 Å². The maximum Gasteiger partial charge on any atom is 0.236 e. The van der Waals surface area contributed by atoms with Gasteiger partial charge < -0.3 is 0 Å². The van der Waals surface area contributed by atoms with Crippen molar-refractivity contribution in [1.29, 1.82) is 0 Å². The minimum absolute atomic E-state index is 0.687. The third-order valence-corrected chi connectivity index (χ3v) is 12.3. The van der Waals surface area contributed by atoms with Crippen LogP contribution in [-0.4, -0.2) is 14.5 Å². The van der Waals surface area contributed by atoms with Crippen LogP contribution in [0.2, 0.25) is 0 Å². The van der Waals surface area contributed by atoms with Gasteiger partial charge >= 0.3 is 0 Å². The smallest absolute Gasteiger partial charge is 0.236 e. The van der Waals surface area contributed by atoms with Gasteiger partial charge in [0, 0.05) is 47.3 Å². The average Bonchev–Trinajstić information content (AvgIpc) is 3.87. The number of nitrogens with zero attached hydrogens (tertiary/aromatic N) is 3. The van der Waals surface area contributed by atoms with E-state index in [0.717, 1.165) is 43.6 Å². The van der Waals surface area contributed by atoms with Crippen LogP contribution in [0.3, 0.4) is 0 Å². The molecule has 51 heavy (non-hydrogen) atoms. The fourth-order valence-corrected chi connectivity index (χ4v) is 10.0. The molecule has 3 nitrogen and oxygen atoms in total. The van der Waals surface area contributed by atoms with E-state index in [-0.39, 0.29) is 0 Å². The number of para-hydroxylation sites is 1. The van der Waals surface area contributed by atoms with Crippen molar-refractivity contribution >= 4 is 85.0 Å². The first-order valence-corrected chi connectivity index (χ1v) is 18.7. The molecule has 0 unspecified atom stereocenters. The monoisotopic (exact) mass is 685 g/mol. The Labute approximate surface area is 301 Å². The van der Waals surface area contributed by atoms with Gasteiger partial charge in [-0.3, -0.25) is 4.57 Å². The summed E-state index contributed by atoms with van der Waals surface area (Å²) in [6, 6.07) is 58.8. The van der Waals surface area contributed by atoms with Gasteiger partial charge in [-0.2, -0.15) is 0 Å². The molecule has 0 aliphatic heterocycles. The topological polar surface area (TPSA) is 30.7 Å². The Hall–Kier alpha value is -6.14. The molecule has 5 heteroatoms. The van der Waals surface area contributed by atoms with Crippen LogP contribution < -0.4 is 0 Å². The Kier molecular flexibility index (Phi) is 6.29. The molecule has 0 aliphatic carbocycles. The highest BCUT2D eigenvalue weighted by Crippen LogP contribution is 2.45. The van der Waals surface area contributed by atoms with E-state index in [0.29, 0.717) is 5.95 Å². The van der Waals surface area contributed by atoms with E-state index in [1.165, 1.54) is 52.2 Å². The maximum atomic E-state index is 5.63. The minimum atomic E-state index is 0.687. The molecular formula is C46H27N3S2. The van der Waals surface area contributed by atoms with Crippen molar-refractivity contribution in [2.75, 3.05) is 0 Å². The van der Waals surface area contributed by atoms with Crippen LogP contribution in [0.4, 0.5) is 0 Å². The molecule has 11 rings (SSSR count). The molecule has 0 amide bonds. The van der Waals surface area contributed by atoms with Gasteiger partial charge in [0.2, 0.25) is 5.95 Å². The van der Waals surface area contributed by atoms with Crippen LogP contribution in [0.1, 0.15) is 0 Å². The third-order valence-electron chi connectivity index (χ3n) is 10.0. The molecule has 4 aromatic heterocycles. The highest BCUT2D eigenvalue weighted by atomic mass is 32.1. The summed E-state index contributed by atoms with van der Waals surface area (Å²) in [5.41, 5.74) is 8.93. The Morgan fingerprint density at radius 1 is 0.412 bits per heavy atom. The van der Waals surface area contributed by atoms with Crippen LogP contribution >= 0.6 is 22.7 Å². The Balaban J connectivity index is 1.28. The van der Waals surface area contributed by atoms with Gasteiger partial charge in [-0.05, 0) is 58.7 Å². The van der Waals surface area contributed by atoms with E-state index in [2.05, 4.69) is 168 Å². The molecule has 4 heterocycles. The highest BCUT2D eigenvalue weighted by molar-refractivity contribution is 7.26. The Bertz CT molecular complexity index is 3080. The second-order valence-corrected chi connectivity index (χ2v) is 15.1. The summed E-state index contributed by atoms with van der Waals surface area (Å²) < 4.78 is 6.06. The van der Waals surface area contributed by atoms with Gasteiger partial charge in [0.25, 0.3) is 0 Å². The first kappa shape index (κ1) is 28.7. The van der Waals surface area contributed by atoms with Gasteiger partial charge in [-0.1, -0.05) is 127 Å². The quantitative estimate of drug-likeness (QED) is 0.185. The highest BCUT2D eigenvalue weighted by Gasteiger charge is 2.23. The van der Waals surface area contributed by atoms with Crippen molar-refractivity contribution in [3.05, 3.63) is 164 Å². The largest absolute Gasteiger partial charge is 0.276 e. The van der Waals surface area contributed by atoms with Gasteiger partial charge in [0.05, 0.1) is 21.4 Å². The molecule has 0 saturated carbocycles. The molecule has 0 spiro atoms. The molecule has 0 radical (unpaired) electrons. The number of benzene rings is 7. The Morgan fingerprint density at radius 2 is 0.980 bits per heavy atom. The Morgan fingerprint density at radius 3 is 1.71 bits per heavy atom. The zero-order valence-electron chi connectivity index (χ0n) is 27.2. The van der Waals surface area contributed by atoms with E-state index in [1.54, 1.807) is 11.3 Å². The number of hydrogen-bond donors (Lipinski definition) is 0. The molecule has 0 atom stereocenters. The van der Waals surface area contributed by atoms with Crippen molar-refractivity contribution < 1.29 is 0 Å². The summed E-state index contributed by atoms with van der Waals surface area (Å²) in [6.45, 7) is 0. The molecule has 0 bridgehead atoms. The zero-order chi connectivity index (χ0) is 33.5. The normalized spacial score (nSPS) is 11.9. The number of thiophene rings is 2. The number of rotatable bonds is 4. The zero-order valence-corrected chi connectivity index (χ0v) is 28.9. The summed E-state index contributed by atoms with van der Waals surface area (Å²) in [7, 11) is 0. The standard InChI is InChI=1S/C46H27N3S2/c1-3-13-28(14-4-1)30-25-31(29-15-5-2-6-16-29)27-32(26-30)42-41-37-19-9-12-22-40(37)51-45(41)48-46(47-42)49-38-20-10-7-17-33(38)35-23-24-36-34-18-8-11-21-39(34)50-44(36)43(35)49/h1-27H. The molecular weight excluding hydrogens is 659 g/mol. The van der Waals surface area contributed by atoms with E-state index in [4.69, 9.17) is 9.97 Å². The van der Waals surface area contributed by atoms with Gasteiger partial charge in [-0.15, -0.1) is 22.7 Å². The predicted molar refractivity (Wildman–Crippen MR) is 218 cm³/mol. The average molecular weight is 686 g/mol. The fraction of sp³-hybridized carbons (Fsp3) is 0. The molecule has 238 valence electrons. The second kappa shape index (κ2) is 11.2. The summed E-state index contributed by atoms with van der Waals surface area (Å²) in [4.78, 5) is 12.1. The SMILES string of the molecule is c1ccc(-c2cc(-c3ccccc3)cc(-c3nc(-n4c5ccccc5c5ccc6c7ccccc7sc6c54)nc4sc5ccccc5c34)c2)cc1. The van der Waals surface area contributed by atoms with Crippen LogP contribution in [0, 0.1) is 0 Å². The van der Waals surface area contributed by atoms with Crippen molar-refractivity contribution in [1.82, 2.24) is 14.5 Å². The van der Waals surface area contributed by atoms with E-state index in [1.807, 2.05) is 11.3 Å². The minimum Gasteiger partial charge on any atom is -0.276 e. The summed E-state index contributed by atoms with van der Waals surface area (Å²) in [6.07, 6.45) is 0. The van der Waals surface area contributed by atoms with E-state index in [9.17, 15) is 0 Å². The van der Waals surface area contributed by atoms with Crippen LogP contribution in [-0.2, 0) is 0 Å². The number of fused-ring (bicyclic) bond motifs is 10. The van der Waals surface area contributed by atoms with Crippen molar-refractivity contribution in [2.45, 2.75) is 0 Å². The lowest BCUT2D eigenvalue weighted by atomic mass is 9.94. The lowest BCUT2D eigenvalue weighted by Gasteiger charge is -2.14. The molecule has 7 aromatic carbocycles. The van der Waals surface area contributed by atoms with Crippen molar-refractivity contribution in [3.8, 4) is 39.5 Å². The fourth-order valence-electron chi connectivity index (χ4n) is 7.72. The summed E-state index contributed by atoms with van der Waals surface area (Å²) in [5.74, 6) is 0.687. The predicted octanol–water partition coefficient (Wildman–Crippen LogP) is 13.3. The molecule has 0 fully saturated rings. The lowest BCUT2D eigenvalue weighted by molar-refractivity contribution is 1.02. The van der Waals surface area contributed by atoms with Gasteiger partial charge in [0.1, 0.15) is 4.83 Å². The molecule has 0 saturated heterocycles. The first-order chi connectivity index (χ1) is 25.3. The maximum absolute atomic E-state index is 5.63. The van der Waals surface area contributed by atoms with E-state index >= 15 is 0 Å². The van der Waals surface area contributed by atoms with Gasteiger partial charge in [-0.25, -0.2) is 9.97 Å². The molecule has 0 aliphatic rings. The molecule has 11 aromatic rings. The summed E-state index contributed by atoms with van der Waals surface area (Å²) in [5, 5.41) is 7.23. The van der Waals surface area contributed by atoms with Gasteiger partial charge in [0.15, 0.2) is 0 Å². The second-order valence-electron chi connectivity index (χ2n) is 13.0. The van der Waals surface area contributed by atoms with Crippen LogP contribution in [0.5, 0.6) is 0 Å². The van der Waals surface area contributed by atoms with Crippen LogP contribution in [0.15, 0.2) is 164 Å². The number of aromatic nitrogens is 3. The third kappa shape index (κ3) is 4.42. The van der Waals surface area contributed by atoms with E-state index < -0.39 is 0 Å². The molecule has 0 N–H and O–H groups in total.